The Labute approximate surface area is 141 Å². The van der Waals surface area contributed by atoms with Gasteiger partial charge in [0.25, 0.3) is 0 Å². The Hall–Kier alpha value is -1.55. The molecule has 0 aliphatic carbocycles. The first kappa shape index (κ1) is 16.8. The van der Waals surface area contributed by atoms with E-state index in [1.807, 2.05) is 25.2 Å². The molecule has 0 aliphatic rings. The Kier molecular flexibility index (Phi) is 5.46. The number of hydrogen-bond acceptors (Lipinski definition) is 3. The first-order valence-electron chi connectivity index (χ1n) is 7.17. The summed E-state index contributed by atoms with van der Waals surface area (Å²) >= 11 is 1.69. The van der Waals surface area contributed by atoms with Gasteiger partial charge in [-0.1, -0.05) is 43.3 Å². The van der Waals surface area contributed by atoms with Crippen molar-refractivity contribution in [2.75, 3.05) is 7.05 Å². The number of hydrogen-bond donors (Lipinski definition) is 1. The van der Waals surface area contributed by atoms with Crippen LogP contribution in [0.25, 0.3) is 10.8 Å². The Balaban J connectivity index is 0.00000176. The molecular weight excluding hydrogens is 314 g/mol. The summed E-state index contributed by atoms with van der Waals surface area (Å²) in [6.45, 7) is 2.14. The topological polar surface area (TPSA) is 21.3 Å². The summed E-state index contributed by atoms with van der Waals surface area (Å²) in [6.07, 6.45) is 0.851. The third-order valence-electron chi connectivity index (χ3n) is 3.92. The van der Waals surface area contributed by atoms with Gasteiger partial charge >= 0.3 is 0 Å². The van der Waals surface area contributed by atoms with Gasteiger partial charge in [-0.3, -0.25) is 5.32 Å². The molecule has 0 saturated carbocycles. The van der Waals surface area contributed by atoms with Gasteiger partial charge in [-0.2, -0.15) is 11.3 Å². The van der Waals surface area contributed by atoms with Gasteiger partial charge in [0.15, 0.2) is 5.72 Å². The van der Waals surface area contributed by atoms with Crippen molar-refractivity contribution in [3.8, 4) is 5.75 Å². The minimum Gasteiger partial charge on any atom is -0.468 e. The maximum absolute atomic E-state index is 6.45. The highest BCUT2D eigenvalue weighted by Gasteiger charge is 2.31. The number of thiophene rings is 1. The first-order valence-corrected chi connectivity index (χ1v) is 8.12. The SMILES string of the molecule is CCC(NC)(Oc1cccc2ccccc12)c1ccsc1.Cl. The van der Waals surface area contributed by atoms with Crippen LogP contribution in [0.15, 0.2) is 59.3 Å². The summed E-state index contributed by atoms with van der Waals surface area (Å²) in [5.41, 5.74) is 0.690. The Bertz CT molecular complexity index is 718. The molecule has 0 bridgehead atoms. The van der Waals surface area contributed by atoms with Crippen molar-refractivity contribution in [1.82, 2.24) is 5.32 Å². The smallest absolute Gasteiger partial charge is 0.187 e. The fourth-order valence-corrected chi connectivity index (χ4v) is 3.39. The molecule has 2 nitrogen and oxygen atoms in total. The van der Waals surface area contributed by atoms with E-state index < -0.39 is 5.72 Å². The van der Waals surface area contributed by atoms with E-state index in [2.05, 4.69) is 53.3 Å². The van der Waals surface area contributed by atoms with Gasteiger partial charge in [0.05, 0.1) is 0 Å². The molecule has 3 rings (SSSR count). The van der Waals surface area contributed by atoms with Gasteiger partial charge in [0.1, 0.15) is 5.75 Å². The Morgan fingerprint density at radius 3 is 2.55 bits per heavy atom. The van der Waals surface area contributed by atoms with E-state index in [9.17, 15) is 0 Å². The number of rotatable bonds is 5. The quantitative estimate of drug-likeness (QED) is 0.649. The molecule has 0 amide bonds. The molecule has 4 heteroatoms. The molecule has 1 unspecified atom stereocenters. The molecule has 1 aromatic heterocycles. The van der Waals surface area contributed by atoms with E-state index in [-0.39, 0.29) is 12.4 Å². The molecule has 0 saturated heterocycles. The van der Waals surface area contributed by atoms with Crippen molar-refractivity contribution in [3.05, 3.63) is 64.9 Å². The van der Waals surface area contributed by atoms with Crippen LogP contribution in [0.4, 0.5) is 0 Å². The summed E-state index contributed by atoms with van der Waals surface area (Å²) in [7, 11) is 1.95. The molecule has 2 aromatic carbocycles. The van der Waals surface area contributed by atoms with Crippen LogP contribution in [0.5, 0.6) is 5.75 Å². The van der Waals surface area contributed by atoms with Crippen LogP contribution in [0.1, 0.15) is 18.9 Å². The standard InChI is InChI=1S/C18H19NOS.ClH/c1-3-18(19-2,15-11-12-21-13-15)20-17-10-6-8-14-7-4-5-9-16(14)17;/h4-13,19H,3H2,1-2H3;1H. The van der Waals surface area contributed by atoms with Crippen LogP contribution in [0.2, 0.25) is 0 Å². The molecule has 0 fully saturated rings. The van der Waals surface area contributed by atoms with E-state index in [1.165, 1.54) is 10.9 Å². The predicted molar refractivity (Wildman–Crippen MR) is 97.2 cm³/mol. The molecule has 1 heterocycles. The zero-order chi connectivity index (χ0) is 14.7. The highest BCUT2D eigenvalue weighted by atomic mass is 35.5. The van der Waals surface area contributed by atoms with Gasteiger partial charge in [0.2, 0.25) is 0 Å². The van der Waals surface area contributed by atoms with Crippen LogP contribution >= 0.6 is 23.7 Å². The minimum absolute atomic E-state index is 0. The number of ether oxygens (including phenoxy) is 1. The number of nitrogens with one attached hydrogen (secondary N) is 1. The summed E-state index contributed by atoms with van der Waals surface area (Å²) in [4.78, 5) is 0. The number of benzene rings is 2. The van der Waals surface area contributed by atoms with E-state index in [0.717, 1.165) is 17.6 Å². The minimum atomic E-state index is -0.482. The maximum atomic E-state index is 6.45. The van der Waals surface area contributed by atoms with Crippen LogP contribution in [-0.4, -0.2) is 7.05 Å². The molecular formula is C18H20ClNOS. The van der Waals surface area contributed by atoms with E-state index in [4.69, 9.17) is 4.74 Å². The molecule has 1 N–H and O–H groups in total. The van der Waals surface area contributed by atoms with Gasteiger partial charge in [-0.15, -0.1) is 12.4 Å². The van der Waals surface area contributed by atoms with Crippen LogP contribution in [0, 0.1) is 0 Å². The highest BCUT2D eigenvalue weighted by molar-refractivity contribution is 7.08. The van der Waals surface area contributed by atoms with E-state index >= 15 is 0 Å². The normalized spacial score (nSPS) is 13.4. The van der Waals surface area contributed by atoms with Crippen LogP contribution < -0.4 is 10.1 Å². The molecule has 22 heavy (non-hydrogen) atoms. The van der Waals surface area contributed by atoms with E-state index in [0.29, 0.717) is 0 Å². The van der Waals surface area contributed by atoms with Crippen molar-refractivity contribution in [2.45, 2.75) is 19.1 Å². The second-order valence-corrected chi connectivity index (χ2v) is 5.80. The van der Waals surface area contributed by atoms with Crippen molar-refractivity contribution in [3.63, 3.8) is 0 Å². The van der Waals surface area contributed by atoms with Gasteiger partial charge < -0.3 is 4.74 Å². The third kappa shape index (κ3) is 2.98. The molecule has 116 valence electrons. The molecule has 0 spiro atoms. The average Bonchev–Trinajstić information content (AvgIpc) is 3.08. The lowest BCUT2D eigenvalue weighted by atomic mass is 10.0. The number of fused-ring (bicyclic) bond motifs is 1. The van der Waals surface area contributed by atoms with Gasteiger partial charge in [0, 0.05) is 17.4 Å². The fraction of sp³-hybridized carbons (Fsp3) is 0.222. The maximum Gasteiger partial charge on any atom is 0.187 e. The highest BCUT2D eigenvalue weighted by Crippen LogP contribution is 2.34. The summed E-state index contributed by atoms with van der Waals surface area (Å²) < 4.78 is 6.45. The average molecular weight is 334 g/mol. The van der Waals surface area contributed by atoms with Crippen molar-refractivity contribution in [1.29, 1.82) is 0 Å². The summed E-state index contributed by atoms with van der Waals surface area (Å²) in [5.74, 6) is 0.913. The Morgan fingerprint density at radius 1 is 1.09 bits per heavy atom. The van der Waals surface area contributed by atoms with Gasteiger partial charge in [-0.25, -0.2) is 0 Å². The van der Waals surface area contributed by atoms with Gasteiger partial charge in [-0.05, 0) is 35.3 Å². The lowest BCUT2D eigenvalue weighted by molar-refractivity contribution is 0.0347. The predicted octanol–water partition coefficient (Wildman–Crippen LogP) is 5.18. The fourth-order valence-electron chi connectivity index (χ4n) is 2.67. The zero-order valence-corrected chi connectivity index (χ0v) is 14.3. The van der Waals surface area contributed by atoms with Crippen molar-refractivity contribution < 1.29 is 4.74 Å². The lowest BCUT2D eigenvalue weighted by Crippen LogP contribution is -2.44. The Morgan fingerprint density at radius 2 is 1.86 bits per heavy atom. The van der Waals surface area contributed by atoms with Crippen LogP contribution in [-0.2, 0) is 5.72 Å². The second-order valence-electron chi connectivity index (χ2n) is 5.02. The van der Waals surface area contributed by atoms with E-state index in [1.54, 1.807) is 11.3 Å². The summed E-state index contributed by atoms with van der Waals surface area (Å²) in [6, 6.07) is 16.6. The zero-order valence-electron chi connectivity index (χ0n) is 12.7. The largest absolute Gasteiger partial charge is 0.468 e. The summed E-state index contributed by atoms with van der Waals surface area (Å²) in [5, 5.41) is 9.93. The van der Waals surface area contributed by atoms with Crippen LogP contribution in [0.3, 0.4) is 0 Å². The van der Waals surface area contributed by atoms with Crippen molar-refractivity contribution >= 4 is 34.5 Å². The molecule has 0 aliphatic heterocycles. The monoisotopic (exact) mass is 333 g/mol. The third-order valence-corrected chi connectivity index (χ3v) is 4.61. The lowest BCUT2D eigenvalue weighted by Gasteiger charge is -2.33. The van der Waals surface area contributed by atoms with Crippen molar-refractivity contribution in [2.24, 2.45) is 0 Å². The number of halogens is 1. The second kappa shape index (κ2) is 7.14. The molecule has 3 aromatic rings. The first-order chi connectivity index (χ1) is 10.3. The molecule has 1 atom stereocenters. The molecule has 0 radical (unpaired) electrons.